The van der Waals surface area contributed by atoms with Crippen molar-refractivity contribution in [3.63, 3.8) is 0 Å². The third-order valence-electron chi connectivity index (χ3n) is 3.89. The first-order valence-corrected chi connectivity index (χ1v) is 9.01. The molecule has 0 aliphatic carbocycles. The first kappa shape index (κ1) is 15.8. The largest absolute Gasteiger partial charge is 0.492 e. The van der Waals surface area contributed by atoms with Crippen LogP contribution in [-0.2, 0) is 0 Å². The van der Waals surface area contributed by atoms with Crippen LogP contribution in [-0.4, -0.2) is 27.5 Å². The number of aromatic nitrogens is 3. The van der Waals surface area contributed by atoms with Crippen molar-refractivity contribution in [3.05, 3.63) is 60.3 Å². The number of fused-ring (bicyclic) bond motifs is 1. The third kappa shape index (κ3) is 3.39. The zero-order valence-corrected chi connectivity index (χ0v) is 14.5. The predicted molar refractivity (Wildman–Crippen MR) is 99.0 cm³/mol. The molecule has 1 N–H and O–H groups in total. The van der Waals surface area contributed by atoms with Crippen LogP contribution in [0.5, 0.6) is 5.75 Å². The van der Waals surface area contributed by atoms with Crippen LogP contribution in [0.1, 0.15) is 5.56 Å². The van der Waals surface area contributed by atoms with Crippen molar-refractivity contribution in [1.29, 1.82) is 0 Å². The summed E-state index contributed by atoms with van der Waals surface area (Å²) in [7, 11) is 0. The summed E-state index contributed by atoms with van der Waals surface area (Å²) in [5, 5.41) is 9.90. The van der Waals surface area contributed by atoms with Crippen molar-refractivity contribution in [1.82, 2.24) is 15.2 Å². The first-order valence-electron chi connectivity index (χ1n) is 8.02. The second-order valence-electron chi connectivity index (χ2n) is 5.58. The molecule has 0 saturated heterocycles. The Balaban J connectivity index is 1.38. The molecular weight excluding hydrogens is 334 g/mol. The van der Waals surface area contributed by atoms with Gasteiger partial charge in [-0.25, -0.2) is 0 Å². The number of hydrogen-bond donors (Lipinski definition) is 1. The van der Waals surface area contributed by atoms with Crippen molar-refractivity contribution in [3.8, 4) is 17.2 Å². The average Bonchev–Trinajstić information content (AvgIpc) is 3.26. The lowest BCUT2D eigenvalue weighted by molar-refractivity contribution is 0.341. The van der Waals surface area contributed by atoms with E-state index in [-0.39, 0.29) is 0 Å². The lowest BCUT2D eigenvalue weighted by Gasteiger charge is -2.07. The monoisotopic (exact) mass is 351 g/mol. The molecule has 0 aliphatic rings. The molecule has 25 heavy (non-hydrogen) atoms. The summed E-state index contributed by atoms with van der Waals surface area (Å²) < 4.78 is 11.6. The van der Waals surface area contributed by atoms with E-state index in [1.807, 2.05) is 61.7 Å². The molecule has 2 heterocycles. The second kappa shape index (κ2) is 7.03. The summed E-state index contributed by atoms with van der Waals surface area (Å²) in [4.78, 5) is 3.22. The molecule has 0 radical (unpaired) electrons. The van der Waals surface area contributed by atoms with Crippen molar-refractivity contribution < 1.29 is 9.15 Å². The van der Waals surface area contributed by atoms with Crippen LogP contribution in [0.3, 0.4) is 0 Å². The van der Waals surface area contributed by atoms with Crippen LogP contribution in [0.25, 0.3) is 22.4 Å². The van der Waals surface area contributed by atoms with E-state index in [1.54, 1.807) is 0 Å². The summed E-state index contributed by atoms with van der Waals surface area (Å²) in [6, 6.07) is 16.0. The molecule has 6 heteroatoms. The summed E-state index contributed by atoms with van der Waals surface area (Å²) >= 11 is 1.49. The van der Waals surface area contributed by atoms with Gasteiger partial charge in [-0.3, -0.25) is 0 Å². The van der Waals surface area contributed by atoms with Crippen molar-refractivity contribution in [2.24, 2.45) is 0 Å². The summed E-state index contributed by atoms with van der Waals surface area (Å²) in [6.45, 7) is 2.62. The van der Waals surface area contributed by atoms with Crippen molar-refractivity contribution in [2.45, 2.75) is 12.1 Å². The summed E-state index contributed by atoms with van der Waals surface area (Å²) in [5.74, 6) is 2.18. The van der Waals surface area contributed by atoms with Gasteiger partial charge in [0.05, 0.1) is 12.2 Å². The smallest absolute Gasteiger partial charge is 0.276 e. The number of benzene rings is 2. The highest BCUT2D eigenvalue weighted by atomic mass is 32.2. The molecule has 0 atom stereocenters. The lowest BCUT2D eigenvalue weighted by Crippen LogP contribution is -2.01. The number of ether oxygens (including phenoxy) is 1. The minimum Gasteiger partial charge on any atom is -0.492 e. The topological polar surface area (TPSA) is 63.9 Å². The summed E-state index contributed by atoms with van der Waals surface area (Å²) in [5.41, 5.74) is 3.11. The maximum Gasteiger partial charge on any atom is 0.276 e. The molecule has 4 aromatic rings. The van der Waals surface area contributed by atoms with Gasteiger partial charge in [0, 0.05) is 22.9 Å². The van der Waals surface area contributed by atoms with Crippen molar-refractivity contribution in [2.75, 3.05) is 12.4 Å². The second-order valence-corrected chi connectivity index (χ2v) is 6.63. The molecule has 0 aliphatic heterocycles. The maximum atomic E-state index is 5.78. The molecule has 0 saturated carbocycles. The first-order chi connectivity index (χ1) is 12.3. The number of hydrogen-bond acceptors (Lipinski definition) is 5. The molecule has 0 amide bonds. The van der Waals surface area contributed by atoms with E-state index in [4.69, 9.17) is 9.15 Å². The molecule has 126 valence electrons. The van der Waals surface area contributed by atoms with E-state index in [0.29, 0.717) is 17.7 Å². The van der Waals surface area contributed by atoms with E-state index < -0.39 is 0 Å². The molecule has 2 aromatic carbocycles. The van der Waals surface area contributed by atoms with E-state index in [9.17, 15) is 0 Å². The Morgan fingerprint density at radius 3 is 2.84 bits per heavy atom. The molecule has 4 rings (SSSR count). The number of H-pyrrole nitrogens is 1. The molecule has 0 unspecified atom stereocenters. The molecule has 0 bridgehead atoms. The molecule has 5 nitrogen and oxygen atoms in total. The Hall–Kier alpha value is -2.73. The number of nitrogens with zero attached hydrogens (tertiary/aromatic N) is 2. The van der Waals surface area contributed by atoms with Gasteiger partial charge in [0.1, 0.15) is 5.75 Å². The highest BCUT2D eigenvalue weighted by Gasteiger charge is 2.13. The van der Waals surface area contributed by atoms with Crippen molar-refractivity contribution >= 4 is 22.7 Å². The molecule has 0 spiro atoms. The van der Waals surface area contributed by atoms with Crippen LogP contribution in [0.2, 0.25) is 0 Å². The highest BCUT2D eigenvalue weighted by Crippen LogP contribution is 2.29. The van der Waals surface area contributed by atoms with Gasteiger partial charge in [0.2, 0.25) is 0 Å². The van der Waals surface area contributed by atoms with Gasteiger partial charge in [-0.2, -0.15) is 0 Å². The Bertz CT molecular complexity index is 993. The number of aromatic amines is 1. The standard InChI is InChI=1S/C19H17N3O2S/c1-13-6-2-5-9-17(13)23-10-11-25-19-22-21-18(24-19)15-12-20-16-8-4-3-7-14(15)16/h2-9,12,20H,10-11H2,1H3. The Labute approximate surface area is 149 Å². The molecular formula is C19H17N3O2S. The number of aryl methyl sites for hydroxylation is 1. The van der Waals surface area contributed by atoms with E-state index in [0.717, 1.165) is 33.5 Å². The van der Waals surface area contributed by atoms with E-state index in [1.165, 1.54) is 11.8 Å². The van der Waals surface area contributed by atoms with Crippen LogP contribution < -0.4 is 4.74 Å². The van der Waals surface area contributed by atoms with Crippen LogP contribution in [0.4, 0.5) is 0 Å². The Morgan fingerprint density at radius 2 is 1.92 bits per heavy atom. The SMILES string of the molecule is Cc1ccccc1OCCSc1nnc(-c2c[nH]c3ccccc23)o1. The maximum absolute atomic E-state index is 5.78. The zero-order valence-electron chi connectivity index (χ0n) is 13.7. The fourth-order valence-electron chi connectivity index (χ4n) is 2.62. The van der Waals surface area contributed by atoms with Crippen LogP contribution in [0.15, 0.2) is 64.4 Å². The number of nitrogens with one attached hydrogen (secondary N) is 1. The third-order valence-corrected chi connectivity index (χ3v) is 4.67. The normalized spacial score (nSPS) is 11.1. The number of para-hydroxylation sites is 2. The van der Waals surface area contributed by atoms with Crippen LogP contribution >= 0.6 is 11.8 Å². The Kier molecular flexibility index (Phi) is 4.43. The van der Waals surface area contributed by atoms with Gasteiger partial charge in [-0.05, 0) is 24.6 Å². The number of thioether (sulfide) groups is 1. The molecule has 0 fully saturated rings. The fourth-order valence-corrected chi connectivity index (χ4v) is 3.20. The summed E-state index contributed by atoms with van der Waals surface area (Å²) in [6.07, 6.45) is 1.90. The lowest BCUT2D eigenvalue weighted by atomic mass is 10.2. The predicted octanol–water partition coefficient (Wildman–Crippen LogP) is 4.70. The van der Waals surface area contributed by atoms with Gasteiger partial charge in [0.25, 0.3) is 11.1 Å². The van der Waals surface area contributed by atoms with E-state index in [2.05, 4.69) is 15.2 Å². The average molecular weight is 351 g/mol. The Morgan fingerprint density at radius 1 is 1.08 bits per heavy atom. The van der Waals surface area contributed by atoms with Gasteiger partial charge in [-0.15, -0.1) is 10.2 Å². The zero-order chi connectivity index (χ0) is 17.1. The van der Waals surface area contributed by atoms with Gasteiger partial charge < -0.3 is 14.1 Å². The number of rotatable bonds is 6. The fraction of sp³-hybridized carbons (Fsp3) is 0.158. The van der Waals surface area contributed by atoms with Gasteiger partial charge >= 0.3 is 0 Å². The van der Waals surface area contributed by atoms with Crippen LogP contribution in [0, 0.1) is 6.92 Å². The highest BCUT2D eigenvalue weighted by molar-refractivity contribution is 7.99. The van der Waals surface area contributed by atoms with Gasteiger partial charge in [0.15, 0.2) is 0 Å². The van der Waals surface area contributed by atoms with Gasteiger partial charge in [-0.1, -0.05) is 48.2 Å². The molecule has 2 aromatic heterocycles. The quantitative estimate of drug-likeness (QED) is 0.403. The minimum absolute atomic E-state index is 0.528. The minimum atomic E-state index is 0.528. The van der Waals surface area contributed by atoms with E-state index >= 15 is 0 Å².